The van der Waals surface area contributed by atoms with Gasteiger partial charge in [0.1, 0.15) is 12.4 Å². The molecule has 1 aromatic heterocycles. The SMILES string of the molecule is COCCOc1ccc(C(F)(F)F)cc1NC(=O)c1sc2ccccc2c1C. The van der Waals surface area contributed by atoms with E-state index in [0.717, 1.165) is 27.8 Å². The van der Waals surface area contributed by atoms with Gasteiger partial charge in [-0.05, 0) is 42.1 Å². The number of benzene rings is 2. The zero-order valence-electron chi connectivity index (χ0n) is 15.2. The van der Waals surface area contributed by atoms with E-state index in [1.165, 1.54) is 24.5 Å². The standard InChI is InChI=1S/C20H18F3NO3S/c1-12-14-5-3-4-6-17(14)28-18(12)19(25)24-15-11-13(20(21,22)23)7-8-16(15)27-10-9-26-2/h3-8,11H,9-10H2,1-2H3,(H,24,25). The highest BCUT2D eigenvalue weighted by molar-refractivity contribution is 7.21. The molecule has 0 radical (unpaired) electrons. The Bertz CT molecular complexity index is 998. The largest absolute Gasteiger partial charge is 0.489 e. The Morgan fingerprint density at radius 2 is 1.89 bits per heavy atom. The van der Waals surface area contributed by atoms with E-state index in [1.807, 2.05) is 31.2 Å². The number of amides is 1. The number of ether oxygens (including phenoxy) is 2. The third-order valence-corrected chi connectivity index (χ3v) is 5.42. The first-order valence-corrected chi connectivity index (χ1v) is 9.25. The molecule has 8 heteroatoms. The van der Waals surface area contributed by atoms with E-state index in [1.54, 1.807) is 0 Å². The lowest BCUT2D eigenvalue weighted by atomic mass is 10.1. The molecule has 0 spiro atoms. The highest BCUT2D eigenvalue weighted by Crippen LogP contribution is 2.36. The first-order valence-electron chi connectivity index (χ1n) is 8.43. The number of aryl methyl sites for hydroxylation is 1. The molecule has 2 aromatic carbocycles. The highest BCUT2D eigenvalue weighted by Gasteiger charge is 2.31. The third kappa shape index (κ3) is 4.28. The van der Waals surface area contributed by atoms with Gasteiger partial charge in [-0.2, -0.15) is 13.2 Å². The van der Waals surface area contributed by atoms with Crippen LogP contribution < -0.4 is 10.1 Å². The molecule has 0 bridgehead atoms. The number of thiophene rings is 1. The summed E-state index contributed by atoms with van der Waals surface area (Å²) in [5.41, 5.74) is -0.116. The zero-order valence-corrected chi connectivity index (χ0v) is 16.0. The van der Waals surface area contributed by atoms with Gasteiger partial charge >= 0.3 is 6.18 Å². The normalized spacial score (nSPS) is 11.6. The van der Waals surface area contributed by atoms with Crippen molar-refractivity contribution in [3.63, 3.8) is 0 Å². The predicted octanol–water partition coefficient (Wildman–Crippen LogP) is 5.51. The number of carbonyl (C=O) groups is 1. The van der Waals surface area contributed by atoms with Gasteiger partial charge in [-0.15, -0.1) is 11.3 Å². The molecule has 0 aliphatic heterocycles. The number of hydrogen-bond acceptors (Lipinski definition) is 4. The van der Waals surface area contributed by atoms with Crippen LogP contribution in [0, 0.1) is 6.92 Å². The van der Waals surface area contributed by atoms with Gasteiger partial charge in [0.15, 0.2) is 0 Å². The Balaban J connectivity index is 1.93. The summed E-state index contributed by atoms with van der Waals surface area (Å²) in [5.74, 6) is -0.327. The van der Waals surface area contributed by atoms with Crippen LogP contribution in [0.25, 0.3) is 10.1 Å². The van der Waals surface area contributed by atoms with Crippen molar-refractivity contribution in [3.05, 3.63) is 58.5 Å². The number of anilines is 1. The quantitative estimate of drug-likeness (QED) is 0.547. The Kier molecular flexibility index (Phi) is 5.90. The monoisotopic (exact) mass is 409 g/mol. The van der Waals surface area contributed by atoms with Crippen molar-refractivity contribution in [2.75, 3.05) is 25.6 Å². The van der Waals surface area contributed by atoms with Gasteiger partial charge in [0.2, 0.25) is 0 Å². The number of carbonyl (C=O) groups excluding carboxylic acids is 1. The Morgan fingerprint density at radius 3 is 2.57 bits per heavy atom. The molecular weight excluding hydrogens is 391 g/mol. The van der Waals surface area contributed by atoms with Crippen LogP contribution in [0.4, 0.5) is 18.9 Å². The molecule has 1 heterocycles. The molecule has 3 rings (SSSR count). The van der Waals surface area contributed by atoms with Gasteiger partial charge in [0, 0.05) is 11.8 Å². The van der Waals surface area contributed by atoms with E-state index in [9.17, 15) is 18.0 Å². The minimum atomic E-state index is -4.53. The molecule has 28 heavy (non-hydrogen) atoms. The van der Waals surface area contributed by atoms with Crippen LogP contribution in [0.3, 0.4) is 0 Å². The Hall–Kier alpha value is -2.58. The fourth-order valence-corrected chi connectivity index (χ4v) is 3.84. The number of methoxy groups -OCH3 is 1. The summed E-state index contributed by atoms with van der Waals surface area (Å²) in [6.07, 6.45) is -4.53. The van der Waals surface area contributed by atoms with Crippen molar-refractivity contribution >= 4 is 33.0 Å². The van der Waals surface area contributed by atoms with E-state index in [4.69, 9.17) is 9.47 Å². The summed E-state index contributed by atoms with van der Waals surface area (Å²) in [4.78, 5) is 13.2. The fraction of sp³-hybridized carbons (Fsp3) is 0.250. The van der Waals surface area contributed by atoms with E-state index < -0.39 is 17.6 Å². The van der Waals surface area contributed by atoms with Crippen LogP contribution in [0.1, 0.15) is 20.8 Å². The van der Waals surface area contributed by atoms with Crippen LogP contribution in [-0.4, -0.2) is 26.2 Å². The molecule has 0 atom stereocenters. The molecule has 4 nitrogen and oxygen atoms in total. The van der Waals surface area contributed by atoms with Crippen LogP contribution in [0.15, 0.2) is 42.5 Å². The molecular formula is C20H18F3NO3S. The van der Waals surface area contributed by atoms with Crippen LogP contribution in [0.5, 0.6) is 5.75 Å². The van der Waals surface area contributed by atoms with E-state index in [2.05, 4.69) is 5.32 Å². The summed E-state index contributed by atoms with van der Waals surface area (Å²) >= 11 is 1.29. The lowest BCUT2D eigenvalue weighted by Gasteiger charge is -2.15. The van der Waals surface area contributed by atoms with E-state index in [0.29, 0.717) is 4.88 Å². The zero-order chi connectivity index (χ0) is 20.3. The lowest BCUT2D eigenvalue weighted by molar-refractivity contribution is -0.137. The highest BCUT2D eigenvalue weighted by atomic mass is 32.1. The summed E-state index contributed by atoms with van der Waals surface area (Å²) in [7, 11) is 1.49. The third-order valence-electron chi connectivity index (χ3n) is 4.15. The fourth-order valence-electron chi connectivity index (χ4n) is 2.73. The second-order valence-corrected chi connectivity index (χ2v) is 7.11. The maximum atomic E-state index is 13.1. The number of fused-ring (bicyclic) bond motifs is 1. The summed E-state index contributed by atoms with van der Waals surface area (Å²) < 4.78 is 50.6. The first-order chi connectivity index (χ1) is 13.3. The van der Waals surface area contributed by atoms with Gasteiger partial charge in [0.05, 0.1) is 22.7 Å². The van der Waals surface area contributed by atoms with Crippen molar-refractivity contribution in [2.24, 2.45) is 0 Å². The molecule has 0 fully saturated rings. The van der Waals surface area contributed by atoms with Gasteiger partial charge in [-0.3, -0.25) is 4.79 Å². The van der Waals surface area contributed by atoms with E-state index >= 15 is 0 Å². The average Bonchev–Trinajstić information content (AvgIpc) is 2.99. The Labute approximate surface area is 163 Å². The average molecular weight is 409 g/mol. The smallest absolute Gasteiger partial charge is 0.416 e. The second kappa shape index (κ2) is 8.20. The van der Waals surface area contributed by atoms with Crippen molar-refractivity contribution in [1.82, 2.24) is 0 Å². The molecule has 0 aliphatic carbocycles. The second-order valence-electron chi connectivity index (χ2n) is 6.06. The molecule has 0 saturated heterocycles. The molecule has 1 amide bonds. The minimum Gasteiger partial charge on any atom is -0.489 e. The minimum absolute atomic E-state index is 0.0345. The maximum Gasteiger partial charge on any atom is 0.416 e. The Morgan fingerprint density at radius 1 is 1.14 bits per heavy atom. The lowest BCUT2D eigenvalue weighted by Crippen LogP contribution is -2.15. The van der Waals surface area contributed by atoms with Gasteiger partial charge in [-0.25, -0.2) is 0 Å². The summed E-state index contributed by atoms with van der Waals surface area (Å²) in [5, 5.41) is 3.52. The van der Waals surface area contributed by atoms with Crippen LogP contribution in [0.2, 0.25) is 0 Å². The number of rotatable bonds is 6. The van der Waals surface area contributed by atoms with Gasteiger partial charge in [-0.1, -0.05) is 18.2 Å². The first kappa shape index (κ1) is 20.2. The van der Waals surface area contributed by atoms with Gasteiger partial charge in [0.25, 0.3) is 5.91 Å². The summed E-state index contributed by atoms with van der Waals surface area (Å²) in [6, 6.07) is 10.5. The maximum absolute atomic E-state index is 13.1. The molecule has 1 N–H and O–H groups in total. The van der Waals surface area contributed by atoms with Crippen molar-refractivity contribution < 1.29 is 27.4 Å². The van der Waals surface area contributed by atoms with Crippen molar-refractivity contribution in [2.45, 2.75) is 13.1 Å². The van der Waals surface area contributed by atoms with Crippen LogP contribution >= 0.6 is 11.3 Å². The van der Waals surface area contributed by atoms with Crippen molar-refractivity contribution in [3.8, 4) is 5.75 Å². The number of nitrogens with one attached hydrogen (secondary N) is 1. The van der Waals surface area contributed by atoms with Crippen molar-refractivity contribution in [1.29, 1.82) is 0 Å². The molecule has 0 unspecified atom stereocenters. The number of hydrogen-bond donors (Lipinski definition) is 1. The molecule has 0 saturated carbocycles. The molecule has 0 aliphatic rings. The van der Waals surface area contributed by atoms with E-state index in [-0.39, 0.29) is 24.7 Å². The topological polar surface area (TPSA) is 47.6 Å². The number of alkyl halides is 3. The molecule has 3 aromatic rings. The molecule has 148 valence electrons. The summed E-state index contributed by atoms with van der Waals surface area (Å²) in [6.45, 7) is 2.23. The van der Waals surface area contributed by atoms with Gasteiger partial charge < -0.3 is 14.8 Å². The predicted molar refractivity (Wildman–Crippen MR) is 103 cm³/mol. The van der Waals surface area contributed by atoms with Crippen LogP contribution in [-0.2, 0) is 10.9 Å². The number of halogens is 3.